The summed E-state index contributed by atoms with van der Waals surface area (Å²) < 4.78 is 36.7. The van der Waals surface area contributed by atoms with Gasteiger partial charge in [0.15, 0.2) is 11.9 Å². The molecule has 1 aliphatic heterocycles. The lowest BCUT2D eigenvalue weighted by molar-refractivity contribution is -0.123. The van der Waals surface area contributed by atoms with Crippen molar-refractivity contribution in [3.63, 3.8) is 0 Å². The Labute approximate surface area is 162 Å². The maximum atomic E-state index is 12.6. The van der Waals surface area contributed by atoms with Crippen LogP contribution in [0, 0.1) is 6.92 Å². The number of carbonyl (C=O) groups excluding carboxylic acids is 2. The lowest BCUT2D eigenvalue weighted by atomic mass is 10.2. The first-order valence-corrected chi connectivity index (χ1v) is 10.3. The summed E-state index contributed by atoms with van der Waals surface area (Å²) in [6.07, 6.45) is 0.528. The minimum Gasteiger partial charge on any atom is -0.449 e. The van der Waals surface area contributed by atoms with Crippen LogP contribution in [-0.2, 0) is 19.6 Å². The van der Waals surface area contributed by atoms with E-state index in [9.17, 15) is 18.0 Å². The number of esters is 1. The van der Waals surface area contributed by atoms with E-state index in [1.54, 1.807) is 6.92 Å². The van der Waals surface area contributed by atoms with E-state index < -0.39 is 28.0 Å². The number of amides is 1. The average molecular weight is 407 g/mol. The van der Waals surface area contributed by atoms with Gasteiger partial charge in [-0.25, -0.2) is 13.2 Å². The first-order chi connectivity index (χ1) is 13.3. The lowest BCUT2D eigenvalue weighted by Gasteiger charge is -2.16. The molecule has 28 heavy (non-hydrogen) atoms. The number of benzene rings is 1. The average Bonchev–Trinajstić information content (AvgIpc) is 3.34. The third kappa shape index (κ3) is 4.39. The zero-order valence-electron chi connectivity index (χ0n) is 15.5. The van der Waals surface area contributed by atoms with Crippen molar-refractivity contribution >= 4 is 27.7 Å². The second kappa shape index (κ2) is 8.11. The highest BCUT2D eigenvalue weighted by atomic mass is 32.2. The molecule has 0 unspecified atom stereocenters. The normalized spacial score (nSPS) is 15.9. The Balaban J connectivity index is 1.68. The second-order valence-corrected chi connectivity index (χ2v) is 8.44. The van der Waals surface area contributed by atoms with Crippen molar-refractivity contribution in [2.75, 3.05) is 18.4 Å². The van der Waals surface area contributed by atoms with Crippen LogP contribution in [-0.4, -0.2) is 48.9 Å². The van der Waals surface area contributed by atoms with Crippen LogP contribution < -0.4 is 5.32 Å². The van der Waals surface area contributed by atoms with Gasteiger partial charge in [-0.3, -0.25) is 4.79 Å². The molecule has 1 atom stereocenters. The highest BCUT2D eigenvalue weighted by Crippen LogP contribution is 2.22. The van der Waals surface area contributed by atoms with Crippen LogP contribution in [0.3, 0.4) is 0 Å². The molecule has 1 amide bonds. The van der Waals surface area contributed by atoms with Gasteiger partial charge in [0.1, 0.15) is 5.76 Å². The van der Waals surface area contributed by atoms with E-state index in [1.165, 1.54) is 41.6 Å². The molecule has 1 aromatic carbocycles. The summed E-state index contributed by atoms with van der Waals surface area (Å²) in [6, 6.07) is 7.15. The van der Waals surface area contributed by atoms with Crippen LogP contribution in [0.2, 0.25) is 0 Å². The number of nitrogens with one attached hydrogen (secondary N) is 1. The van der Waals surface area contributed by atoms with Gasteiger partial charge in [-0.2, -0.15) is 4.31 Å². The van der Waals surface area contributed by atoms with E-state index in [-0.39, 0.29) is 16.3 Å². The van der Waals surface area contributed by atoms with E-state index in [2.05, 4.69) is 10.5 Å². The van der Waals surface area contributed by atoms with E-state index >= 15 is 0 Å². The molecule has 0 spiro atoms. The summed E-state index contributed by atoms with van der Waals surface area (Å²) in [5.74, 6) is -0.639. The van der Waals surface area contributed by atoms with Gasteiger partial charge in [0.25, 0.3) is 5.91 Å². The van der Waals surface area contributed by atoms with Crippen LogP contribution in [0.25, 0.3) is 0 Å². The number of aryl methyl sites for hydroxylation is 1. The quantitative estimate of drug-likeness (QED) is 0.727. The topological polar surface area (TPSA) is 119 Å². The molecule has 2 aromatic rings. The predicted molar refractivity (Wildman–Crippen MR) is 99.2 cm³/mol. The van der Waals surface area contributed by atoms with Gasteiger partial charge >= 0.3 is 5.97 Å². The van der Waals surface area contributed by atoms with Crippen molar-refractivity contribution in [2.24, 2.45) is 0 Å². The fraction of sp³-hybridized carbons (Fsp3) is 0.389. The van der Waals surface area contributed by atoms with E-state index in [1.807, 2.05) is 0 Å². The number of anilines is 1. The lowest BCUT2D eigenvalue weighted by Crippen LogP contribution is -2.30. The fourth-order valence-electron chi connectivity index (χ4n) is 2.80. The maximum absolute atomic E-state index is 12.6. The van der Waals surface area contributed by atoms with Crippen molar-refractivity contribution in [2.45, 2.75) is 37.7 Å². The molecule has 0 saturated carbocycles. The highest BCUT2D eigenvalue weighted by molar-refractivity contribution is 7.89. The van der Waals surface area contributed by atoms with Gasteiger partial charge in [0.05, 0.1) is 10.5 Å². The van der Waals surface area contributed by atoms with Gasteiger partial charge in [-0.05, 0) is 44.9 Å². The number of aromatic nitrogens is 1. The number of ether oxygens (including phenoxy) is 1. The van der Waals surface area contributed by atoms with Crippen molar-refractivity contribution < 1.29 is 27.3 Å². The molecular weight excluding hydrogens is 386 g/mol. The van der Waals surface area contributed by atoms with Gasteiger partial charge in [-0.15, -0.1) is 0 Å². The molecule has 0 radical (unpaired) electrons. The Morgan fingerprint density at radius 1 is 1.25 bits per heavy atom. The summed E-state index contributed by atoms with van der Waals surface area (Å²) in [5, 5.41) is 6.10. The van der Waals surface area contributed by atoms with E-state index in [4.69, 9.17) is 9.26 Å². The number of carbonyl (C=O) groups is 2. The monoisotopic (exact) mass is 407 g/mol. The zero-order chi connectivity index (χ0) is 20.3. The second-order valence-electron chi connectivity index (χ2n) is 6.50. The van der Waals surface area contributed by atoms with E-state index in [0.717, 1.165) is 12.8 Å². The number of sulfonamides is 1. The number of nitrogens with zero attached hydrogens (tertiary/aromatic N) is 2. The fourth-order valence-corrected chi connectivity index (χ4v) is 4.36. The van der Waals surface area contributed by atoms with Gasteiger partial charge < -0.3 is 14.6 Å². The third-order valence-electron chi connectivity index (χ3n) is 4.30. The maximum Gasteiger partial charge on any atom is 0.338 e. The summed E-state index contributed by atoms with van der Waals surface area (Å²) in [4.78, 5) is 24.5. The van der Waals surface area contributed by atoms with Gasteiger partial charge in [0.2, 0.25) is 10.0 Å². The molecule has 9 nitrogen and oxygen atoms in total. The molecule has 2 heterocycles. The number of hydrogen-bond donors (Lipinski definition) is 1. The van der Waals surface area contributed by atoms with Gasteiger partial charge in [-0.1, -0.05) is 11.2 Å². The van der Waals surface area contributed by atoms with Crippen LogP contribution in [0.4, 0.5) is 5.82 Å². The SMILES string of the molecule is Cc1cc(NC(=O)[C@@H](C)OC(=O)c2cccc(S(=O)(=O)N3CCCC3)c2)no1. The molecule has 1 N–H and O–H groups in total. The predicted octanol–water partition coefficient (Wildman–Crippen LogP) is 1.95. The first-order valence-electron chi connectivity index (χ1n) is 8.83. The zero-order valence-corrected chi connectivity index (χ0v) is 16.4. The molecule has 150 valence electrons. The molecule has 1 saturated heterocycles. The molecule has 0 aliphatic carbocycles. The Morgan fingerprint density at radius 2 is 1.96 bits per heavy atom. The number of rotatable bonds is 6. The minimum absolute atomic E-state index is 0.0269. The van der Waals surface area contributed by atoms with Crippen LogP contribution in [0.5, 0.6) is 0 Å². The largest absolute Gasteiger partial charge is 0.449 e. The van der Waals surface area contributed by atoms with Crippen molar-refractivity contribution in [1.82, 2.24) is 9.46 Å². The van der Waals surface area contributed by atoms with Crippen LogP contribution >= 0.6 is 0 Å². The summed E-state index contributed by atoms with van der Waals surface area (Å²) in [7, 11) is -3.65. The molecular formula is C18H21N3O6S. The standard InChI is InChI=1S/C18H21N3O6S/c1-12-10-16(20-27-12)19-17(22)13(2)26-18(23)14-6-5-7-15(11-14)28(24,25)21-8-3-4-9-21/h5-7,10-11,13H,3-4,8-9H2,1-2H3,(H,19,20,22)/t13-/m1/s1. The molecule has 1 aliphatic rings. The minimum atomic E-state index is -3.65. The molecule has 0 bridgehead atoms. The highest BCUT2D eigenvalue weighted by Gasteiger charge is 2.28. The Kier molecular flexibility index (Phi) is 5.80. The Morgan fingerprint density at radius 3 is 2.61 bits per heavy atom. The Hall–Kier alpha value is -2.72. The molecule has 1 fully saturated rings. The summed E-state index contributed by atoms with van der Waals surface area (Å²) >= 11 is 0. The molecule has 1 aromatic heterocycles. The Bertz CT molecular complexity index is 979. The first kappa shape index (κ1) is 20.0. The summed E-state index contributed by atoms with van der Waals surface area (Å²) in [6.45, 7) is 4.02. The van der Waals surface area contributed by atoms with Crippen molar-refractivity contribution in [3.05, 3.63) is 41.7 Å². The molecule has 3 rings (SSSR count). The molecule has 10 heteroatoms. The third-order valence-corrected chi connectivity index (χ3v) is 6.20. The summed E-state index contributed by atoms with van der Waals surface area (Å²) in [5.41, 5.74) is 0.0530. The van der Waals surface area contributed by atoms with Crippen molar-refractivity contribution in [1.29, 1.82) is 0 Å². The van der Waals surface area contributed by atoms with E-state index in [0.29, 0.717) is 18.8 Å². The van der Waals surface area contributed by atoms with Crippen molar-refractivity contribution in [3.8, 4) is 0 Å². The van der Waals surface area contributed by atoms with Crippen LogP contribution in [0.1, 0.15) is 35.9 Å². The van der Waals surface area contributed by atoms with Crippen LogP contribution in [0.15, 0.2) is 39.8 Å². The smallest absolute Gasteiger partial charge is 0.338 e. The van der Waals surface area contributed by atoms with Gasteiger partial charge in [0, 0.05) is 19.2 Å². The number of hydrogen-bond acceptors (Lipinski definition) is 7.